The fraction of sp³-hybridized carbons (Fsp3) is 0.235. The number of aromatic nitrogens is 1. The minimum Gasteiger partial charge on any atom is -1.00 e. The minimum absolute atomic E-state index is 0. The van der Waals surface area contributed by atoms with Crippen molar-refractivity contribution in [3.8, 4) is 5.75 Å². The van der Waals surface area contributed by atoms with Gasteiger partial charge in [-0.25, -0.2) is 4.79 Å². The van der Waals surface area contributed by atoms with Crippen molar-refractivity contribution in [2.24, 2.45) is 0 Å². The third-order valence-electron chi connectivity index (χ3n) is 3.21. The van der Waals surface area contributed by atoms with Crippen molar-refractivity contribution in [1.29, 1.82) is 0 Å². The van der Waals surface area contributed by atoms with Crippen molar-refractivity contribution < 1.29 is 40.6 Å². The van der Waals surface area contributed by atoms with Gasteiger partial charge in [-0.3, -0.25) is 4.79 Å². The molecule has 0 bridgehead atoms. The number of methoxy groups -OCH3 is 1. The van der Waals surface area contributed by atoms with E-state index >= 15 is 0 Å². The number of Topliss-reactive ketones (excluding diaryl/α,β-unsaturated/α-hetero) is 1. The number of halogens is 2. The highest BCUT2D eigenvalue weighted by Gasteiger charge is 2.16. The van der Waals surface area contributed by atoms with Crippen LogP contribution >= 0.6 is 15.9 Å². The minimum atomic E-state index is -0.371. The average Bonchev–Trinajstić information content (AvgIpc) is 2.55. The summed E-state index contributed by atoms with van der Waals surface area (Å²) in [6.07, 6.45) is 3.36. The normalized spacial score (nSPS) is 9.79. The first-order chi connectivity index (χ1) is 11.0. The Balaban J connectivity index is 0.00000288. The lowest BCUT2D eigenvalue weighted by Gasteiger charge is -2.05. The first-order valence-corrected chi connectivity index (χ1v) is 7.87. The molecular weight excluding hydrogens is 442 g/mol. The Bertz CT molecular complexity index is 717. The van der Waals surface area contributed by atoms with Crippen molar-refractivity contribution in [2.75, 3.05) is 13.7 Å². The Labute approximate surface area is 159 Å². The smallest absolute Gasteiger partial charge is 0.338 e. The zero-order chi connectivity index (χ0) is 16.8. The predicted octanol–water partition coefficient (Wildman–Crippen LogP) is -0.191. The van der Waals surface area contributed by atoms with Gasteiger partial charge in [0.15, 0.2) is 12.4 Å². The van der Waals surface area contributed by atoms with E-state index in [9.17, 15) is 9.59 Å². The van der Waals surface area contributed by atoms with Crippen LogP contribution in [0.3, 0.4) is 0 Å². The molecule has 2 aromatic rings. The van der Waals surface area contributed by atoms with E-state index in [0.717, 1.165) is 0 Å². The van der Waals surface area contributed by atoms with Gasteiger partial charge in [0.1, 0.15) is 5.75 Å². The van der Waals surface area contributed by atoms with Crippen LogP contribution in [0.25, 0.3) is 0 Å². The highest BCUT2D eigenvalue weighted by atomic mass is 79.9. The van der Waals surface area contributed by atoms with Crippen LogP contribution in [-0.2, 0) is 11.3 Å². The van der Waals surface area contributed by atoms with Crippen LogP contribution in [-0.4, -0.2) is 25.5 Å². The van der Waals surface area contributed by atoms with Crippen LogP contribution in [0.4, 0.5) is 0 Å². The highest BCUT2D eigenvalue weighted by molar-refractivity contribution is 9.10. The lowest BCUT2D eigenvalue weighted by molar-refractivity contribution is -0.683. The van der Waals surface area contributed by atoms with Gasteiger partial charge in [-0.1, -0.05) is 0 Å². The molecule has 24 heavy (non-hydrogen) atoms. The maximum Gasteiger partial charge on any atom is 0.338 e. The lowest BCUT2D eigenvalue weighted by atomic mass is 10.1. The van der Waals surface area contributed by atoms with Crippen LogP contribution in [0, 0.1) is 0 Å². The molecule has 0 aliphatic rings. The lowest BCUT2D eigenvalue weighted by Crippen LogP contribution is -3.00. The molecule has 0 saturated carbocycles. The molecule has 128 valence electrons. The predicted molar refractivity (Wildman–Crippen MR) is 87.6 cm³/mol. The van der Waals surface area contributed by atoms with Gasteiger partial charge in [0.25, 0.3) is 0 Å². The van der Waals surface area contributed by atoms with Gasteiger partial charge in [0.2, 0.25) is 12.3 Å². The summed E-state index contributed by atoms with van der Waals surface area (Å²) < 4.78 is 12.4. The summed E-state index contributed by atoms with van der Waals surface area (Å²) in [4.78, 5) is 24.0. The highest BCUT2D eigenvalue weighted by Crippen LogP contribution is 2.23. The van der Waals surface area contributed by atoms with Crippen molar-refractivity contribution in [3.63, 3.8) is 0 Å². The van der Waals surface area contributed by atoms with Crippen molar-refractivity contribution in [1.82, 2.24) is 0 Å². The van der Waals surface area contributed by atoms with E-state index in [4.69, 9.17) is 9.47 Å². The number of esters is 1. The molecule has 0 spiro atoms. The fourth-order valence-electron chi connectivity index (χ4n) is 2.01. The second kappa shape index (κ2) is 9.54. The largest absolute Gasteiger partial charge is 1.00 e. The summed E-state index contributed by atoms with van der Waals surface area (Å²) >= 11 is 3.38. The van der Waals surface area contributed by atoms with Crippen LogP contribution < -0.4 is 26.3 Å². The van der Waals surface area contributed by atoms with Crippen molar-refractivity contribution in [2.45, 2.75) is 13.5 Å². The Morgan fingerprint density at radius 2 is 1.83 bits per heavy atom. The topological polar surface area (TPSA) is 56.5 Å². The fourth-order valence-corrected chi connectivity index (χ4v) is 2.59. The summed E-state index contributed by atoms with van der Waals surface area (Å²) in [6, 6.07) is 8.48. The Morgan fingerprint density at radius 3 is 2.38 bits per heavy atom. The quantitative estimate of drug-likeness (QED) is 0.342. The van der Waals surface area contributed by atoms with E-state index in [1.165, 1.54) is 0 Å². The molecule has 0 aliphatic heterocycles. The number of ether oxygens (including phenoxy) is 2. The summed E-state index contributed by atoms with van der Waals surface area (Å²) in [7, 11) is 1.57. The molecule has 0 radical (unpaired) electrons. The Hall–Kier alpha value is -1.73. The number of hydrogen-bond acceptors (Lipinski definition) is 4. The number of ketones is 1. The molecule has 0 amide bonds. The monoisotopic (exact) mass is 457 g/mol. The molecule has 0 N–H and O–H groups in total. The van der Waals surface area contributed by atoms with E-state index in [-0.39, 0.29) is 35.3 Å². The summed E-state index contributed by atoms with van der Waals surface area (Å²) in [5.74, 6) is 0.261. The number of benzene rings is 1. The first-order valence-electron chi connectivity index (χ1n) is 7.08. The zero-order valence-corrected chi connectivity index (χ0v) is 16.5. The molecule has 1 aromatic heterocycles. The number of nitrogens with zero attached hydrogens (tertiary/aromatic N) is 1. The molecule has 1 aromatic carbocycles. The molecule has 0 aliphatic carbocycles. The van der Waals surface area contributed by atoms with Gasteiger partial charge < -0.3 is 26.5 Å². The average molecular weight is 459 g/mol. The summed E-state index contributed by atoms with van der Waals surface area (Å²) in [5.41, 5.74) is 1.04. The van der Waals surface area contributed by atoms with Crippen molar-refractivity contribution in [3.05, 3.63) is 58.3 Å². The second-order valence-corrected chi connectivity index (χ2v) is 5.60. The number of hydrogen-bond donors (Lipinski definition) is 0. The second-order valence-electron chi connectivity index (χ2n) is 4.75. The number of carbonyl (C=O) groups excluding carboxylic acids is 2. The molecule has 1 heterocycles. The molecule has 2 rings (SSSR count). The van der Waals surface area contributed by atoms with Crippen LogP contribution in [0.15, 0.2) is 47.2 Å². The third-order valence-corrected chi connectivity index (χ3v) is 3.86. The van der Waals surface area contributed by atoms with E-state index in [1.807, 2.05) is 0 Å². The molecule has 0 unspecified atom stereocenters. The zero-order valence-electron chi connectivity index (χ0n) is 13.3. The van der Waals surface area contributed by atoms with E-state index in [0.29, 0.717) is 28.0 Å². The van der Waals surface area contributed by atoms with Gasteiger partial charge in [0, 0.05) is 22.2 Å². The Kier molecular flexibility index (Phi) is 8.07. The molecule has 7 heteroatoms. The molecule has 0 atom stereocenters. The first kappa shape index (κ1) is 20.3. The number of carbonyl (C=O) groups is 2. The van der Waals surface area contributed by atoms with Gasteiger partial charge in [-0.15, -0.1) is 0 Å². The Morgan fingerprint density at radius 1 is 1.17 bits per heavy atom. The van der Waals surface area contributed by atoms with E-state index in [1.54, 1.807) is 61.3 Å². The van der Waals surface area contributed by atoms with Crippen molar-refractivity contribution >= 4 is 27.7 Å². The maximum absolute atomic E-state index is 12.4. The SMILES string of the molecule is CCOC(=O)c1cc[n+](CC(=O)c2ccc(OC)cc2Br)cc1.[Br-]. The van der Waals surface area contributed by atoms with E-state index in [2.05, 4.69) is 15.9 Å². The molecular formula is C17H17Br2NO4. The number of rotatable bonds is 6. The van der Waals surface area contributed by atoms with Crippen LogP contribution in [0.5, 0.6) is 5.75 Å². The third kappa shape index (κ3) is 5.14. The summed E-state index contributed by atoms with van der Waals surface area (Å²) in [5, 5.41) is 0. The molecule has 5 nitrogen and oxygen atoms in total. The number of pyridine rings is 1. The van der Waals surface area contributed by atoms with E-state index < -0.39 is 0 Å². The molecule has 0 fully saturated rings. The van der Waals surface area contributed by atoms with Gasteiger partial charge in [-0.2, -0.15) is 4.57 Å². The van der Waals surface area contributed by atoms with Crippen LogP contribution in [0.1, 0.15) is 27.6 Å². The van der Waals surface area contributed by atoms with Gasteiger partial charge >= 0.3 is 5.97 Å². The van der Waals surface area contributed by atoms with Crippen LogP contribution in [0.2, 0.25) is 0 Å². The molecule has 0 saturated heterocycles. The maximum atomic E-state index is 12.4. The van der Waals surface area contributed by atoms with Gasteiger partial charge in [-0.05, 0) is 41.1 Å². The summed E-state index contributed by atoms with van der Waals surface area (Å²) in [6.45, 7) is 2.26. The van der Waals surface area contributed by atoms with Gasteiger partial charge in [0.05, 0.1) is 19.3 Å². The standard InChI is InChI=1S/C17H17BrNO4.BrH/c1-3-23-17(21)12-6-8-19(9-7-12)11-16(20)14-5-4-13(22-2)10-15(14)18;/h4-10H,3,11H2,1-2H3;1H/q+1;/p-1.